The number of thioether (sulfide) groups is 1. The highest BCUT2D eigenvalue weighted by atomic mass is 32.2. The minimum atomic E-state index is -0.0289. The number of piperidine rings is 1. The second-order valence-electron chi connectivity index (χ2n) is 8.30. The van der Waals surface area contributed by atoms with E-state index in [-0.39, 0.29) is 17.9 Å². The summed E-state index contributed by atoms with van der Waals surface area (Å²) >= 11 is 1.72. The third kappa shape index (κ3) is 5.49. The first-order valence-corrected chi connectivity index (χ1v) is 12.1. The van der Waals surface area contributed by atoms with Gasteiger partial charge in [0.05, 0.1) is 11.7 Å². The molecule has 0 aliphatic carbocycles. The van der Waals surface area contributed by atoms with E-state index in [9.17, 15) is 9.59 Å². The predicted molar refractivity (Wildman–Crippen MR) is 124 cm³/mol. The Labute approximate surface area is 188 Å². The fourth-order valence-electron chi connectivity index (χ4n) is 4.22. The standard InChI is InChI=1S/C25H30N2O3S/c1-18-7-2-3-9-21(18)24(28)26-19-12-14-27(15-13-19)25(29)22-10-4-5-11-23(22)31-17-20-8-6-16-30-20/h2-5,7,9-11,19-20H,6,8,12-17H2,1H3,(H,26,28). The van der Waals surface area contributed by atoms with Gasteiger partial charge in [0, 0.05) is 42.0 Å². The van der Waals surface area contributed by atoms with Crippen molar-refractivity contribution in [3.8, 4) is 0 Å². The van der Waals surface area contributed by atoms with Gasteiger partial charge in [-0.15, -0.1) is 11.8 Å². The summed E-state index contributed by atoms with van der Waals surface area (Å²) < 4.78 is 5.72. The van der Waals surface area contributed by atoms with Crippen LogP contribution >= 0.6 is 11.8 Å². The van der Waals surface area contributed by atoms with Gasteiger partial charge >= 0.3 is 0 Å². The molecular formula is C25H30N2O3S. The summed E-state index contributed by atoms with van der Waals surface area (Å²) in [5.74, 6) is 0.940. The van der Waals surface area contributed by atoms with Crippen LogP contribution in [0.15, 0.2) is 53.4 Å². The van der Waals surface area contributed by atoms with Crippen LogP contribution in [0.5, 0.6) is 0 Å². The number of hydrogen-bond donors (Lipinski definition) is 1. The molecule has 1 N–H and O–H groups in total. The molecule has 2 aromatic carbocycles. The van der Waals surface area contributed by atoms with Crippen molar-refractivity contribution < 1.29 is 14.3 Å². The Balaban J connectivity index is 1.32. The maximum Gasteiger partial charge on any atom is 0.254 e. The lowest BCUT2D eigenvalue weighted by molar-refractivity contribution is 0.0694. The molecule has 2 saturated heterocycles. The topological polar surface area (TPSA) is 58.6 Å². The zero-order valence-electron chi connectivity index (χ0n) is 18.0. The number of rotatable bonds is 6. The van der Waals surface area contributed by atoms with E-state index in [4.69, 9.17) is 4.74 Å². The van der Waals surface area contributed by atoms with Crippen LogP contribution in [0.2, 0.25) is 0 Å². The van der Waals surface area contributed by atoms with Crippen molar-refractivity contribution in [3.05, 3.63) is 65.2 Å². The van der Waals surface area contributed by atoms with Gasteiger partial charge in [-0.2, -0.15) is 0 Å². The molecule has 2 heterocycles. The van der Waals surface area contributed by atoms with Crippen LogP contribution < -0.4 is 5.32 Å². The van der Waals surface area contributed by atoms with Crippen LogP contribution in [0.1, 0.15) is 52.0 Å². The lowest BCUT2D eigenvalue weighted by atomic mass is 10.0. The molecule has 1 unspecified atom stereocenters. The summed E-state index contributed by atoms with van der Waals surface area (Å²) in [7, 11) is 0. The zero-order valence-corrected chi connectivity index (χ0v) is 18.8. The van der Waals surface area contributed by atoms with E-state index in [2.05, 4.69) is 5.32 Å². The van der Waals surface area contributed by atoms with Crippen molar-refractivity contribution in [3.63, 3.8) is 0 Å². The van der Waals surface area contributed by atoms with E-state index in [1.54, 1.807) is 11.8 Å². The summed E-state index contributed by atoms with van der Waals surface area (Å²) in [5, 5.41) is 3.14. The molecule has 2 fully saturated rings. The van der Waals surface area contributed by atoms with Crippen molar-refractivity contribution in [2.75, 3.05) is 25.4 Å². The van der Waals surface area contributed by atoms with E-state index >= 15 is 0 Å². The van der Waals surface area contributed by atoms with E-state index in [0.29, 0.717) is 19.2 Å². The molecule has 0 aromatic heterocycles. The normalized spacial score (nSPS) is 19.4. The molecule has 2 aliphatic rings. The first-order valence-electron chi connectivity index (χ1n) is 11.1. The van der Waals surface area contributed by atoms with Gasteiger partial charge in [0.1, 0.15) is 0 Å². The highest BCUT2D eigenvalue weighted by molar-refractivity contribution is 7.99. The molecule has 2 aliphatic heterocycles. The summed E-state index contributed by atoms with van der Waals surface area (Å²) in [6.45, 7) is 4.11. The number of aryl methyl sites for hydroxylation is 1. The lowest BCUT2D eigenvalue weighted by Crippen LogP contribution is -2.46. The maximum atomic E-state index is 13.2. The minimum absolute atomic E-state index is 0.0289. The lowest BCUT2D eigenvalue weighted by Gasteiger charge is -2.33. The number of ether oxygens (including phenoxy) is 1. The average Bonchev–Trinajstić information content (AvgIpc) is 3.32. The molecule has 164 valence electrons. The highest BCUT2D eigenvalue weighted by Gasteiger charge is 2.26. The number of likely N-dealkylation sites (tertiary alicyclic amines) is 1. The van der Waals surface area contributed by atoms with Crippen LogP contribution in [0.4, 0.5) is 0 Å². The fourth-order valence-corrected chi connectivity index (χ4v) is 5.33. The Hall–Kier alpha value is -2.31. The Kier molecular flexibility index (Phi) is 7.30. The van der Waals surface area contributed by atoms with Crippen molar-refractivity contribution >= 4 is 23.6 Å². The number of carbonyl (C=O) groups excluding carboxylic acids is 2. The van der Waals surface area contributed by atoms with Crippen molar-refractivity contribution in [1.82, 2.24) is 10.2 Å². The predicted octanol–water partition coefficient (Wildman–Crippen LogP) is 4.30. The largest absolute Gasteiger partial charge is 0.377 e. The minimum Gasteiger partial charge on any atom is -0.377 e. The second kappa shape index (κ2) is 10.3. The van der Waals surface area contributed by atoms with Gasteiger partial charge in [0.25, 0.3) is 11.8 Å². The average molecular weight is 439 g/mol. The molecule has 0 spiro atoms. The SMILES string of the molecule is Cc1ccccc1C(=O)NC1CCN(C(=O)c2ccccc2SCC2CCCO2)CC1. The molecule has 0 bridgehead atoms. The Morgan fingerprint density at radius 1 is 1.03 bits per heavy atom. The summed E-state index contributed by atoms with van der Waals surface area (Å²) in [4.78, 5) is 28.7. The Morgan fingerprint density at radius 2 is 1.74 bits per heavy atom. The Morgan fingerprint density at radius 3 is 2.45 bits per heavy atom. The number of carbonyl (C=O) groups is 2. The highest BCUT2D eigenvalue weighted by Crippen LogP contribution is 2.28. The Bertz CT molecular complexity index is 918. The van der Waals surface area contributed by atoms with Gasteiger partial charge in [-0.3, -0.25) is 9.59 Å². The van der Waals surface area contributed by atoms with Gasteiger partial charge in [-0.1, -0.05) is 30.3 Å². The molecule has 0 saturated carbocycles. The van der Waals surface area contributed by atoms with E-state index in [1.165, 1.54) is 0 Å². The van der Waals surface area contributed by atoms with Crippen LogP contribution in [0, 0.1) is 6.92 Å². The number of benzene rings is 2. The summed E-state index contributed by atoms with van der Waals surface area (Å²) in [6, 6.07) is 15.6. The van der Waals surface area contributed by atoms with Gasteiger partial charge in [0.2, 0.25) is 0 Å². The van der Waals surface area contributed by atoms with Crippen LogP contribution in [0.25, 0.3) is 0 Å². The monoisotopic (exact) mass is 438 g/mol. The van der Waals surface area contributed by atoms with Crippen LogP contribution in [-0.4, -0.2) is 54.3 Å². The number of nitrogens with zero attached hydrogens (tertiary/aromatic N) is 1. The molecule has 5 nitrogen and oxygen atoms in total. The summed E-state index contributed by atoms with van der Waals surface area (Å²) in [6.07, 6.45) is 4.07. The first-order chi connectivity index (χ1) is 15.1. The smallest absolute Gasteiger partial charge is 0.254 e. The van der Waals surface area contributed by atoms with Gasteiger partial charge in [-0.05, 0) is 56.4 Å². The number of hydrogen-bond acceptors (Lipinski definition) is 4. The van der Waals surface area contributed by atoms with Crippen molar-refractivity contribution in [1.29, 1.82) is 0 Å². The number of amides is 2. The van der Waals surface area contributed by atoms with Crippen LogP contribution in [0.3, 0.4) is 0 Å². The zero-order chi connectivity index (χ0) is 21.6. The van der Waals surface area contributed by atoms with Gasteiger partial charge in [-0.25, -0.2) is 0 Å². The molecule has 4 rings (SSSR count). The maximum absolute atomic E-state index is 13.2. The van der Waals surface area contributed by atoms with Gasteiger partial charge in [0.15, 0.2) is 0 Å². The number of nitrogens with one attached hydrogen (secondary N) is 1. The molecular weight excluding hydrogens is 408 g/mol. The quantitative estimate of drug-likeness (QED) is 0.683. The fraction of sp³-hybridized carbons (Fsp3) is 0.440. The van der Waals surface area contributed by atoms with E-state index in [0.717, 1.165) is 59.6 Å². The molecule has 2 aromatic rings. The molecule has 31 heavy (non-hydrogen) atoms. The van der Waals surface area contributed by atoms with Gasteiger partial charge < -0.3 is 15.0 Å². The molecule has 2 amide bonds. The van der Waals surface area contributed by atoms with Crippen LogP contribution in [-0.2, 0) is 4.74 Å². The molecule has 0 radical (unpaired) electrons. The third-order valence-corrected chi connectivity index (χ3v) is 7.28. The van der Waals surface area contributed by atoms with Crippen molar-refractivity contribution in [2.24, 2.45) is 0 Å². The third-order valence-electron chi connectivity index (χ3n) is 6.07. The first kappa shape index (κ1) is 21.9. The van der Waals surface area contributed by atoms with Crippen molar-refractivity contribution in [2.45, 2.75) is 49.6 Å². The van der Waals surface area contributed by atoms with E-state index in [1.807, 2.05) is 60.4 Å². The molecule has 1 atom stereocenters. The molecule has 6 heteroatoms. The second-order valence-corrected chi connectivity index (χ2v) is 9.36. The van der Waals surface area contributed by atoms with E-state index < -0.39 is 0 Å². The summed E-state index contributed by atoms with van der Waals surface area (Å²) in [5.41, 5.74) is 2.47.